The van der Waals surface area contributed by atoms with Crippen LogP contribution in [0.3, 0.4) is 0 Å². The van der Waals surface area contributed by atoms with Crippen molar-refractivity contribution in [3.05, 3.63) is 58.6 Å². The van der Waals surface area contributed by atoms with Gasteiger partial charge in [-0.15, -0.1) is 0 Å². The molecule has 3 aromatic rings. The van der Waals surface area contributed by atoms with Crippen LogP contribution >= 0.6 is 0 Å². The lowest BCUT2D eigenvalue weighted by Gasteiger charge is -1.99. The molecule has 122 valence electrons. The van der Waals surface area contributed by atoms with Crippen molar-refractivity contribution in [2.24, 2.45) is 7.05 Å². The predicted molar refractivity (Wildman–Crippen MR) is 85.6 cm³/mol. The maximum atomic E-state index is 10.7. The molecule has 0 aliphatic carbocycles. The average molecular weight is 327 g/mol. The van der Waals surface area contributed by atoms with E-state index in [1.54, 1.807) is 43.0 Å². The number of aromatic nitrogens is 1. The number of benzene rings is 2. The fourth-order valence-electron chi connectivity index (χ4n) is 2.50. The maximum Gasteiger partial charge on any atom is 0.383 e. The SMILES string of the molecule is COc1ccc(-c2c(O)oc(-c3ccc([N+](=O)[O-])cc3)[n+]2C)cc1. The van der Waals surface area contributed by atoms with Gasteiger partial charge in [0, 0.05) is 12.1 Å². The molecule has 0 atom stereocenters. The smallest absolute Gasteiger partial charge is 0.383 e. The van der Waals surface area contributed by atoms with E-state index in [1.807, 2.05) is 12.1 Å². The van der Waals surface area contributed by atoms with Gasteiger partial charge in [0.2, 0.25) is 0 Å². The number of oxazole rings is 1. The maximum absolute atomic E-state index is 10.7. The highest BCUT2D eigenvalue weighted by atomic mass is 16.6. The molecule has 0 radical (unpaired) electrons. The van der Waals surface area contributed by atoms with Gasteiger partial charge >= 0.3 is 11.8 Å². The predicted octanol–water partition coefficient (Wildman–Crippen LogP) is 3.06. The third-order valence-electron chi connectivity index (χ3n) is 3.72. The number of nitrogens with zero attached hydrogens (tertiary/aromatic N) is 2. The zero-order chi connectivity index (χ0) is 17.3. The van der Waals surface area contributed by atoms with Crippen molar-refractivity contribution in [3.8, 4) is 34.4 Å². The summed E-state index contributed by atoms with van der Waals surface area (Å²) in [6.07, 6.45) is 0. The van der Waals surface area contributed by atoms with E-state index in [0.717, 1.165) is 5.56 Å². The molecule has 1 N–H and O–H groups in total. The molecule has 0 aliphatic heterocycles. The lowest BCUT2D eigenvalue weighted by molar-refractivity contribution is -0.652. The number of ether oxygens (including phenoxy) is 1. The molecule has 7 heteroatoms. The molecule has 3 rings (SSSR count). The molecule has 0 saturated heterocycles. The van der Waals surface area contributed by atoms with Gasteiger partial charge in [0.05, 0.1) is 23.2 Å². The minimum Gasteiger partial charge on any atom is -0.497 e. The minimum atomic E-state index is -0.466. The van der Waals surface area contributed by atoms with Crippen LogP contribution < -0.4 is 9.30 Å². The first-order valence-corrected chi connectivity index (χ1v) is 7.12. The summed E-state index contributed by atoms with van der Waals surface area (Å²) in [5.74, 6) is 0.879. The van der Waals surface area contributed by atoms with Crippen LogP contribution in [0.25, 0.3) is 22.7 Å². The topological polar surface area (TPSA) is 89.6 Å². The number of nitro groups is 1. The number of hydrogen-bond acceptors (Lipinski definition) is 5. The molecule has 0 aliphatic rings. The van der Waals surface area contributed by atoms with Gasteiger partial charge in [0.1, 0.15) is 12.8 Å². The molecule has 1 heterocycles. The molecule has 0 spiro atoms. The fraction of sp³-hybridized carbons (Fsp3) is 0.118. The van der Waals surface area contributed by atoms with E-state index in [4.69, 9.17) is 9.15 Å². The highest BCUT2D eigenvalue weighted by Gasteiger charge is 2.28. The molecule has 24 heavy (non-hydrogen) atoms. The second kappa shape index (κ2) is 6.04. The van der Waals surface area contributed by atoms with Crippen LogP contribution in [0.1, 0.15) is 0 Å². The Hall–Kier alpha value is -3.35. The second-order valence-corrected chi connectivity index (χ2v) is 5.15. The largest absolute Gasteiger partial charge is 0.497 e. The van der Waals surface area contributed by atoms with E-state index in [2.05, 4.69) is 0 Å². The van der Waals surface area contributed by atoms with Crippen LogP contribution in [0.15, 0.2) is 52.9 Å². The first kappa shape index (κ1) is 15.5. The summed E-state index contributed by atoms with van der Waals surface area (Å²) in [5.41, 5.74) is 1.88. The normalized spacial score (nSPS) is 10.6. The molecule has 2 aromatic carbocycles. The number of non-ortho nitro benzene ring substituents is 1. The Morgan fingerprint density at radius 1 is 1.08 bits per heavy atom. The van der Waals surface area contributed by atoms with E-state index in [1.165, 1.54) is 12.1 Å². The second-order valence-electron chi connectivity index (χ2n) is 5.15. The van der Waals surface area contributed by atoms with Gasteiger partial charge in [-0.3, -0.25) is 10.1 Å². The van der Waals surface area contributed by atoms with Crippen LogP contribution in [0.4, 0.5) is 5.69 Å². The summed E-state index contributed by atoms with van der Waals surface area (Å²) in [6, 6.07) is 13.1. The lowest BCUT2D eigenvalue weighted by Crippen LogP contribution is -2.30. The third-order valence-corrected chi connectivity index (χ3v) is 3.72. The number of aromatic hydroxyl groups is 1. The average Bonchev–Trinajstić information content (AvgIpc) is 2.89. The highest BCUT2D eigenvalue weighted by molar-refractivity contribution is 5.64. The standard InChI is InChI=1S/C17H14N2O5/c1-18-15(11-5-9-14(23-2)10-6-11)17(20)24-16(18)12-3-7-13(8-4-12)19(21)22/h3-10H,1-2H3/p+1. The molecule has 0 amide bonds. The van der Waals surface area contributed by atoms with Gasteiger partial charge < -0.3 is 14.3 Å². The van der Waals surface area contributed by atoms with Crippen molar-refractivity contribution in [1.29, 1.82) is 0 Å². The number of hydrogen-bond donors (Lipinski definition) is 1. The minimum absolute atomic E-state index is 0.00689. The zero-order valence-electron chi connectivity index (χ0n) is 13.1. The molecule has 0 fully saturated rings. The Morgan fingerprint density at radius 2 is 1.67 bits per heavy atom. The van der Waals surface area contributed by atoms with E-state index >= 15 is 0 Å². The lowest BCUT2D eigenvalue weighted by atomic mass is 10.1. The molecule has 7 nitrogen and oxygen atoms in total. The van der Waals surface area contributed by atoms with Crippen molar-refractivity contribution < 1.29 is 23.8 Å². The van der Waals surface area contributed by atoms with Crippen molar-refractivity contribution in [1.82, 2.24) is 0 Å². The summed E-state index contributed by atoms with van der Waals surface area (Å²) in [6.45, 7) is 0. The van der Waals surface area contributed by atoms with E-state index in [9.17, 15) is 15.2 Å². The Kier molecular flexibility index (Phi) is 3.91. The van der Waals surface area contributed by atoms with Crippen molar-refractivity contribution in [2.45, 2.75) is 0 Å². The van der Waals surface area contributed by atoms with Gasteiger partial charge in [0.25, 0.3) is 11.4 Å². The Bertz CT molecular complexity index is 883. The Morgan fingerprint density at radius 3 is 2.21 bits per heavy atom. The number of nitro benzene ring substituents is 1. The molecular formula is C17H15N2O5+. The molecule has 1 aromatic heterocycles. The summed E-state index contributed by atoms with van der Waals surface area (Å²) in [7, 11) is 3.33. The van der Waals surface area contributed by atoms with E-state index in [0.29, 0.717) is 22.9 Å². The zero-order valence-corrected chi connectivity index (χ0v) is 13.1. The summed E-state index contributed by atoms with van der Waals surface area (Å²) in [5, 5.41) is 20.9. The Labute approximate surface area is 137 Å². The van der Waals surface area contributed by atoms with Crippen LogP contribution in [0.5, 0.6) is 11.7 Å². The molecule has 0 unspecified atom stereocenters. The molecule has 0 bridgehead atoms. The number of methoxy groups -OCH3 is 1. The monoisotopic (exact) mass is 327 g/mol. The van der Waals surface area contributed by atoms with Gasteiger partial charge in [-0.1, -0.05) is 0 Å². The summed E-state index contributed by atoms with van der Waals surface area (Å²) < 4.78 is 12.3. The quantitative estimate of drug-likeness (QED) is 0.452. The molecular weight excluding hydrogens is 312 g/mol. The van der Waals surface area contributed by atoms with Crippen LogP contribution in [0.2, 0.25) is 0 Å². The van der Waals surface area contributed by atoms with Crippen molar-refractivity contribution in [2.75, 3.05) is 7.11 Å². The first-order chi connectivity index (χ1) is 11.5. The van der Waals surface area contributed by atoms with Crippen molar-refractivity contribution in [3.63, 3.8) is 0 Å². The van der Waals surface area contributed by atoms with Crippen LogP contribution in [-0.2, 0) is 7.05 Å². The third kappa shape index (κ3) is 2.67. The highest BCUT2D eigenvalue weighted by Crippen LogP contribution is 2.32. The van der Waals surface area contributed by atoms with E-state index < -0.39 is 4.92 Å². The van der Waals surface area contributed by atoms with Crippen LogP contribution in [0, 0.1) is 10.1 Å². The van der Waals surface area contributed by atoms with Gasteiger partial charge in [-0.2, -0.15) is 4.57 Å². The fourth-order valence-corrected chi connectivity index (χ4v) is 2.50. The summed E-state index contributed by atoms with van der Waals surface area (Å²) >= 11 is 0. The van der Waals surface area contributed by atoms with E-state index in [-0.39, 0.29) is 11.6 Å². The first-order valence-electron chi connectivity index (χ1n) is 7.12. The van der Waals surface area contributed by atoms with Gasteiger partial charge in [-0.25, -0.2) is 0 Å². The van der Waals surface area contributed by atoms with Gasteiger partial charge in [-0.05, 0) is 36.4 Å². The van der Waals surface area contributed by atoms with Crippen LogP contribution in [-0.4, -0.2) is 17.1 Å². The molecule has 0 saturated carbocycles. The Balaban J connectivity index is 2.03. The summed E-state index contributed by atoms with van der Waals surface area (Å²) in [4.78, 5) is 10.3. The number of rotatable bonds is 4. The van der Waals surface area contributed by atoms with Gasteiger partial charge in [0.15, 0.2) is 0 Å². The van der Waals surface area contributed by atoms with Crippen molar-refractivity contribution >= 4 is 5.69 Å².